The number of likely N-dealkylation sites (tertiary alicyclic amines) is 1. The Bertz CT molecular complexity index is 727. The predicted molar refractivity (Wildman–Crippen MR) is 107 cm³/mol. The molecule has 0 spiro atoms. The number of ether oxygens (including phenoxy) is 1. The Morgan fingerprint density at radius 2 is 1.93 bits per heavy atom. The first-order valence-electron chi connectivity index (χ1n) is 9.38. The molecule has 27 heavy (non-hydrogen) atoms. The molecule has 4 rings (SSSR count). The largest absolute Gasteiger partial charge is 0.380 e. The van der Waals surface area contributed by atoms with Crippen molar-refractivity contribution in [2.45, 2.75) is 25.0 Å². The van der Waals surface area contributed by atoms with Crippen molar-refractivity contribution in [1.29, 1.82) is 5.26 Å². The summed E-state index contributed by atoms with van der Waals surface area (Å²) in [7, 11) is -1.32. The lowest BCUT2D eigenvalue weighted by Gasteiger charge is -2.45. The topological polar surface area (TPSA) is 86.4 Å². The third kappa shape index (κ3) is 3.44. The lowest BCUT2D eigenvalue weighted by atomic mass is 10.2. The van der Waals surface area contributed by atoms with E-state index in [1.54, 1.807) is 20.6 Å². The standard InChI is InChI=1S/C18H27N5O3S/c1-26-18-6-8-21(13-18)15-3-2-4-16(11-15)22-9-10-23(27(22,24)25)17-5-7-20(12-17)14-19/h2-4,11,17-18,24-25H,5-10,12-13H2,1H3. The van der Waals surface area contributed by atoms with Gasteiger partial charge in [0, 0.05) is 45.5 Å². The number of methoxy groups -OCH3 is 1. The molecule has 1 aromatic carbocycles. The molecule has 0 aliphatic carbocycles. The molecule has 3 aliphatic rings. The number of nitrogens with zero attached hydrogens (tertiary/aromatic N) is 5. The number of hydrogen-bond donors (Lipinski definition) is 2. The normalized spacial score (nSPS) is 29.3. The number of hydrogen-bond acceptors (Lipinski definition) is 8. The molecular formula is C18H27N5O3S. The summed E-state index contributed by atoms with van der Waals surface area (Å²) in [6.07, 6.45) is 4.20. The van der Waals surface area contributed by atoms with Gasteiger partial charge in [-0.1, -0.05) is 17.0 Å². The van der Waals surface area contributed by atoms with Gasteiger partial charge in [-0.15, -0.1) is 0 Å². The van der Waals surface area contributed by atoms with E-state index in [9.17, 15) is 9.11 Å². The van der Waals surface area contributed by atoms with Crippen LogP contribution in [-0.4, -0.2) is 76.8 Å². The lowest BCUT2D eigenvalue weighted by Crippen LogP contribution is -2.38. The van der Waals surface area contributed by atoms with Crippen LogP contribution in [0, 0.1) is 11.5 Å². The molecule has 3 aliphatic heterocycles. The van der Waals surface area contributed by atoms with E-state index >= 15 is 0 Å². The van der Waals surface area contributed by atoms with Crippen molar-refractivity contribution < 1.29 is 13.8 Å². The third-order valence-electron chi connectivity index (χ3n) is 5.81. The number of nitriles is 1. The summed E-state index contributed by atoms with van der Waals surface area (Å²) in [6, 6.07) is 8.00. The van der Waals surface area contributed by atoms with Crippen LogP contribution >= 0.6 is 11.0 Å². The maximum Gasteiger partial charge on any atom is 0.179 e. The van der Waals surface area contributed by atoms with Crippen molar-refractivity contribution in [1.82, 2.24) is 9.21 Å². The van der Waals surface area contributed by atoms with Crippen LogP contribution in [0.5, 0.6) is 0 Å². The van der Waals surface area contributed by atoms with Gasteiger partial charge in [-0.25, -0.2) is 0 Å². The van der Waals surface area contributed by atoms with Gasteiger partial charge in [0.2, 0.25) is 0 Å². The van der Waals surface area contributed by atoms with Gasteiger partial charge < -0.3 is 14.5 Å². The van der Waals surface area contributed by atoms with Crippen LogP contribution in [0.4, 0.5) is 11.4 Å². The van der Waals surface area contributed by atoms with Crippen molar-refractivity contribution in [3.63, 3.8) is 0 Å². The Labute approximate surface area is 162 Å². The molecule has 0 radical (unpaired) electrons. The molecule has 0 amide bonds. The minimum Gasteiger partial charge on any atom is -0.380 e. The Kier molecular flexibility index (Phi) is 5.09. The lowest BCUT2D eigenvalue weighted by molar-refractivity contribution is 0.121. The molecule has 0 bridgehead atoms. The second kappa shape index (κ2) is 7.37. The van der Waals surface area contributed by atoms with E-state index in [1.807, 2.05) is 18.2 Å². The van der Waals surface area contributed by atoms with Crippen LogP contribution in [0.25, 0.3) is 0 Å². The van der Waals surface area contributed by atoms with Crippen LogP contribution in [0.3, 0.4) is 0 Å². The van der Waals surface area contributed by atoms with Gasteiger partial charge in [-0.05, 0) is 31.0 Å². The highest BCUT2D eigenvalue weighted by Crippen LogP contribution is 2.55. The molecular weight excluding hydrogens is 366 g/mol. The molecule has 3 fully saturated rings. The fourth-order valence-corrected chi connectivity index (χ4v) is 6.16. The van der Waals surface area contributed by atoms with Crippen molar-refractivity contribution in [3.8, 4) is 6.19 Å². The molecule has 1 aromatic rings. The van der Waals surface area contributed by atoms with Crippen LogP contribution < -0.4 is 9.21 Å². The first-order chi connectivity index (χ1) is 13.0. The van der Waals surface area contributed by atoms with E-state index in [0.717, 1.165) is 37.3 Å². The zero-order chi connectivity index (χ0) is 19.0. The first-order valence-corrected chi connectivity index (χ1v) is 10.8. The summed E-state index contributed by atoms with van der Waals surface area (Å²) >= 11 is 0. The number of benzene rings is 1. The van der Waals surface area contributed by atoms with E-state index < -0.39 is 11.0 Å². The average Bonchev–Trinajstić information content (AvgIpc) is 3.39. The predicted octanol–water partition coefficient (Wildman–Crippen LogP) is 2.17. The van der Waals surface area contributed by atoms with Gasteiger partial charge in [0.15, 0.2) is 6.19 Å². The summed E-state index contributed by atoms with van der Waals surface area (Å²) < 4.78 is 30.9. The average molecular weight is 394 g/mol. The maximum absolute atomic E-state index is 11.0. The van der Waals surface area contributed by atoms with Crippen LogP contribution in [0.15, 0.2) is 24.3 Å². The summed E-state index contributed by atoms with van der Waals surface area (Å²) in [4.78, 5) is 3.96. The van der Waals surface area contributed by atoms with Gasteiger partial charge >= 0.3 is 0 Å². The highest BCUT2D eigenvalue weighted by atomic mass is 32.3. The van der Waals surface area contributed by atoms with Gasteiger partial charge in [-0.3, -0.25) is 13.4 Å². The maximum atomic E-state index is 11.0. The number of anilines is 2. The van der Waals surface area contributed by atoms with Crippen molar-refractivity contribution >= 4 is 22.3 Å². The second-order valence-corrected chi connectivity index (χ2v) is 9.22. The summed E-state index contributed by atoms with van der Waals surface area (Å²) in [6.45, 7) is 4.19. The van der Waals surface area contributed by atoms with Crippen LogP contribution in [0.1, 0.15) is 12.8 Å². The molecule has 8 nitrogen and oxygen atoms in total. The van der Waals surface area contributed by atoms with E-state index in [-0.39, 0.29) is 12.1 Å². The van der Waals surface area contributed by atoms with Crippen molar-refractivity contribution in [3.05, 3.63) is 24.3 Å². The molecule has 2 atom stereocenters. The monoisotopic (exact) mass is 393 g/mol. The molecule has 3 saturated heterocycles. The Balaban J connectivity index is 1.51. The van der Waals surface area contributed by atoms with E-state index in [0.29, 0.717) is 26.2 Å². The van der Waals surface area contributed by atoms with E-state index in [1.165, 1.54) is 0 Å². The summed E-state index contributed by atoms with van der Waals surface area (Å²) in [5.74, 6) is 0. The zero-order valence-corrected chi connectivity index (χ0v) is 16.4. The quantitative estimate of drug-likeness (QED) is 0.753. The Hall–Kier alpha value is -1.70. The summed E-state index contributed by atoms with van der Waals surface area (Å²) in [5.41, 5.74) is 1.91. The zero-order valence-electron chi connectivity index (χ0n) is 15.6. The Morgan fingerprint density at radius 3 is 2.63 bits per heavy atom. The van der Waals surface area contributed by atoms with Gasteiger partial charge in [0.25, 0.3) is 0 Å². The number of rotatable bonds is 4. The van der Waals surface area contributed by atoms with Gasteiger partial charge in [-0.2, -0.15) is 9.57 Å². The van der Waals surface area contributed by atoms with E-state index in [2.05, 4.69) is 17.2 Å². The van der Waals surface area contributed by atoms with Crippen molar-refractivity contribution in [2.24, 2.45) is 0 Å². The molecule has 2 unspecified atom stereocenters. The fourth-order valence-electron chi connectivity index (χ4n) is 4.28. The van der Waals surface area contributed by atoms with Gasteiger partial charge in [0.1, 0.15) is 0 Å². The third-order valence-corrected chi connectivity index (χ3v) is 7.90. The van der Waals surface area contributed by atoms with E-state index in [4.69, 9.17) is 10.00 Å². The molecule has 0 aromatic heterocycles. The fraction of sp³-hybridized carbons (Fsp3) is 0.611. The molecule has 2 N–H and O–H groups in total. The molecule has 9 heteroatoms. The Morgan fingerprint density at radius 1 is 1.11 bits per heavy atom. The second-order valence-electron chi connectivity index (χ2n) is 7.33. The molecule has 3 heterocycles. The minimum absolute atomic E-state index is 0.00359. The SMILES string of the molecule is COC1CCN(c2cccc(N3CCN(C4CCN(C#N)C4)S3(O)O)c2)C1. The summed E-state index contributed by atoms with van der Waals surface area (Å²) in [5, 5.41) is 9.07. The van der Waals surface area contributed by atoms with Crippen molar-refractivity contribution in [2.75, 3.05) is 55.6 Å². The highest BCUT2D eigenvalue weighted by Gasteiger charge is 2.43. The van der Waals surface area contributed by atoms with Crippen LogP contribution in [0.2, 0.25) is 0 Å². The molecule has 0 saturated carbocycles. The van der Waals surface area contributed by atoms with Crippen LogP contribution in [-0.2, 0) is 4.74 Å². The molecule has 148 valence electrons. The first kappa shape index (κ1) is 18.7. The minimum atomic E-state index is -3.06. The van der Waals surface area contributed by atoms with Gasteiger partial charge in [0.05, 0.1) is 24.4 Å². The highest BCUT2D eigenvalue weighted by molar-refractivity contribution is 8.23. The smallest absolute Gasteiger partial charge is 0.179 e.